The summed E-state index contributed by atoms with van der Waals surface area (Å²) in [6.07, 6.45) is -3.17. The van der Waals surface area contributed by atoms with Crippen molar-refractivity contribution in [2.75, 3.05) is 0 Å². The zero-order chi connectivity index (χ0) is 28.2. The average Bonchev–Trinajstić information content (AvgIpc) is 2.89. The van der Waals surface area contributed by atoms with Crippen LogP contribution in [0.1, 0.15) is 59.4 Å². The molecular weight excluding hydrogens is 575 g/mol. The third kappa shape index (κ3) is 7.20. The molecule has 6 nitrogen and oxygen atoms in total. The summed E-state index contributed by atoms with van der Waals surface area (Å²) in [4.78, 5) is 33.3. The molecule has 1 heterocycles. The highest BCUT2D eigenvalue weighted by Gasteiger charge is 2.30. The number of nitrogens with one attached hydrogen (secondary N) is 1. The van der Waals surface area contributed by atoms with E-state index in [-0.39, 0.29) is 18.4 Å². The van der Waals surface area contributed by atoms with Crippen molar-refractivity contribution < 1.29 is 27.9 Å². The van der Waals surface area contributed by atoms with Crippen molar-refractivity contribution in [2.24, 2.45) is 0 Å². The van der Waals surface area contributed by atoms with Crippen molar-refractivity contribution in [1.29, 1.82) is 0 Å². The van der Waals surface area contributed by atoms with E-state index < -0.39 is 17.7 Å². The lowest BCUT2D eigenvalue weighted by molar-refractivity contribution is -0.138. The number of rotatable bonds is 9. The van der Waals surface area contributed by atoms with Crippen LogP contribution < -0.4 is 5.32 Å². The summed E-state index contributed by atoms with van der Waals surface area (Å²) in [6, 6.07) is 17.0. The minimum atomic E-state index is -4.46. The van der Waals surface area contributed by atoms with Gasteiger partial charge in [0.05, 0.1) is 34.0 Å². The highest BCUT2D eigenvalue weighted by molar-refractivity contribution is 9.10. The van der Waals surface area contributed by atoms with Gasteiger partial charge in [-0.25, -0.2) is 9.97 Å². The number of benzene rings is 3. The van der Waals surface area contributed by atoms with Gasteiger partial charge in [-0.3, -0.25) is 9.59 Å². The Balaban J connectivity index is 1.65. The summed E-state index contributed by atoms with van der Waals surface area (Å²) in [7, 11) is 0. The lowest BCUT2D eigenvalue weighted by Crippen LogP contribution is -2.26. The molecular formula is C29H25BrF3N3O3. The fourth-order valence-electron chi connectivity index (χ4n) is 4.16. The van der Waals surface area contributed by atoms with Crippen LogP contribution in [0, 0.1) is 0 Å². The molecule has 0 bridgehead atoms. The second kappa shape index (κ2) is 11.9. The largest absolute Gasteiger partial charge is 0.481 e. The first-order chi connectivity index (χ1) is 18.5. The maximum absolute atomic E-state index is 13.1. The Labute approximate surface area is 231 Å². The highest BCUT2D eigenvalue weighted by atomic mass is 79.9. The number of carboxylic acid groups (broad SMARTS) is 1. The molecule has 10 heteroatoms. The summed E-state index contributed by atoms with van der Waals surface area (Å²) < 4.78 is 40.1. The number of carboxylic acids is 1. The molecule has 4 aromatic rings. The maximum Gasteiger partial charge on any atom is 0.416 e. The van der Waals surface area contributed by atoms with Crippen LogP contribution in [0.25, 0.3) is 22.3 Å². The van der Waals surface area contributed by atoms with Crippen molar-refractivity contribution in [3.8, 4) is 11.3 Å². The lowest BCUT2D eigenvalue weighted by atomic mass is 10.0. The lowest BCUT2D eigenvalue weighted by Gasteiger charge is -2.15. The Morgan fingerprint density at radius 1 is 0.974 bits per heavy atom. The Hall–Kier alpha value is -3.79. The summed E-state index contributed by atoms with van der Waals surface area (Å²) in [5, 5.41) is 11.9. The van der Waals surface area contributed by atoms with Crippen molar-refractivity contribution in [3.05, 3.63) is 93.6 Å². The molecule has 1 amide bonds. The molecule has 202 valence electrons. The van der Waals surface area contributed by atoms with Gasteiger partial charge in [-0.05, 0) is 74.2 Å². The second-order valence-electron chi connectivity index (χ2n) is 9.15. The number of unbranched alkanes of at least 4 members (excludes halogenated alkanes) is 1. The zero-order valence-corrected chi connectivity index (χ0v) is 22.5. The van der Waals surface area contributed by atoms with Crippen LogP contribution in [0.3, 0.4) is 0 Å². The average molecular weight is 600 g/mol. The van der Waals surface area contributed by atoms with E-state index in [1.165, 1.54) is 12.1 Å². The Kier molecular flexibility index (Phi) is 8.64. The van der Waals surface area contributed by atoms with E-state index in [2.05, 4.69) is 26.2 Å². The van der Waals surface area contributed by atoms with Crippen LogP contribution in [-0.2, 0) is 17.4 Å². The molecule has 39 heavy (non-hydrogen) atoms. The summed E-state index contributed by atoms with van der Waals surface area (Å²) in [6.45, 7) is 1.88. The normalized spacial score (nSPS) is 12.3. The molecule has 1 unspecified atom stereocenters. The van der Waals surface area contributed by atoms with Crippen LogP contribution >= 0.6 is 15.9 Å². The molecule has 1 aromatic heterocycles. The molecule has 0 saturated carbocycles. The van der Waals surface area contributed by atoms with Gasteiger partial charge in [-0.15, -0.1) is 0 Å². The van der Waals surface area contributed by atoms with Crippen molar-refractivity contribution in [3.63, 3.8) is 0 Å². The number of amides is 1. The Bertz CT molecular complexity index is 1510. The number of fused-ring (bicyclic) bond motifs is 1. The van der Waals surface area contributed by atoms with Crippen molar-refractivity contribution >= 4 is 38.8 Å². The fourth-order valence-corrected chi connectivity index (χ4v) is 4.58. The molecule has 2 N–H and O–H groups in total. The SMILES string of the molecule is CC(NC(=O)c1ccc2nc(-c3ccc(C(F)(F)F)cc3)c(CCCCC(=O)O)nc2c1)c1cccc(Br)c1. The smallest absolute Gasteiger partial charge is 0.416 e. The number of halogens is 4. The van der Waals surface area contributed by atoms with E-state index in [4.69, 9.17) is 10.1 Å². The number of carbonyl (C=O) groups excluding carboxylic acids is 1. The van der Waals surface area contributed by atoms with Crippen LogP contribution in [0.5, 0.6) is 0 Å². The van der Waals surface area contributed by atoms with Crippen molar-refractivity contribution in [2.45, 2.75) is 44.8 Å². The van der Waals surface area contributed by atoms with Gasteiger partial charge in [0.2, 0.25) is 0 Å². The second-order valence-corrected chi connectivity index (χ2v) is 10.1. The van der Waals surface area contributed by atoms with Gasteiger partial charge in [0, 0.05) is 22.0 Å². The standard InChI is InChI=1S/C29H25BrF3N3O3/c1-17(19-5-4-6-22(30)15-19)34-28(39)20-11-14-23-25(16-20)35-24(7-2-3-8-26(37)38)27(36-23)18-9-12-21(13-10-18)29(31,32)33/h4-6,9-17H,2-3,7-8H2,1H3,(H,34,39)(H,37,38). The van der Waals surface area contributed by atoms with Crippen molar-refractivity contribution in [1.82, 2.24) is 15.3 Å². The number of hydrogen-bond donors (Lipinski definition) is 2. The van der Waals surface area contributed by atoms with Crippen LogP contribution in [0.2, 0.25) is 0 Å². The fraction of sp³-hybridized carbons (Fsp3) is 0.241. The van der Waals surface area contributed by atoms with Crippen LogP contribution in [-0.4, -0.2) is 27.0 Å². The van der Waals surface area contributed by atoms with E-state index in [9.17, 15) is 22.8 Å². The van der Waals surface area contributed by atoms with Gasteiger partial charge in [0.25, 0.3) is 5.91 Å². The molecule has 0 fully saturated rings. The number of carbonyl (C=O) groups is 2. The van der Waals surface area contributed by atoms with Gasteiger partial charge in [0.1, 0.15) is 0 Å². The summed E-state index contributed by atoms with van der Waals surface area (Å²) in [5.74, 6) is -1.20. The van der Waals surface area contributed by atoms with E-state index >= 15 is 0 Å². The Morgan fingerprint density at radius 2 is 1.72 bits per heavy atom. The molecule has 1 atom stereocenters. The molecule has 0 radical (unpaired) electrons. The molecule has 4 rings (SSSR count). The first-order valence-corrected chi connectivity index (χ1v) is 13.1. The molecule has 0 aliphatic heterocycles. The topological polar surface area (TPSA) is 92.2 Å². The first kappa shape index (κ1) is 28.2. The summed E-state index contributed by atoms with van der Waals surface area (Å²) in [5.41, 5.74) is 2.91. The minimum Gasteiger partial charge on any atom is -0.481 e. The molecule has 0 saturated heterocycles. The number of hydrogen-bond acceptors (Lipinski definition) is 4. The van der Waals surface area contributed by atoms with E-state index in [0.717, 1.165) is 22.2 Å². The molecule has 3 aromatic carbocycles. The highest BCUT2D eigenvalue weighted by Crippen LogP contribution is 2.32. The van der Waals surface area contributed by atoms with E-state index in [1.54, 1.807) is 18.2 Å². The van der Waals surface area contributed by atoms with E-state index in [0.29, 0.717) is 52.8 Å². The number of aryl methyl sites for hydroxylation is 1. The third-order valence-corrected chi connectivity index (χ3v) is 6.73. The van der Waals surface area contributed by atoms with E-state index in [1.807, 2.05) is 31.2 Å². The number of nitrogens with zero attached hydrogens (tertiary/aromatic N) is 2. The van der Waals surface area contributed by atoms with Crippen LogP contribution in [0.15, 0.2) is 71.2 Å². The van der Waals surface area contributed by atoms with Gasteiger partial charge in [0.15, 0.2) is 0 Å². The molecule has 0 aliphatic rings. The van der Waals surface area contributed by atoms with Gasteiger partial charge >= 0.3 is 12.1 Å². The quantitative estimate of drug-likeness (QED) is 0.196. The van der Waals surface area contributed by atoms with Crippen LogP contribution in [0.4, 0.5) is 13.2 Å². The number of aromatic nitrogens is 2. The molecule has 0 spiro atoms. The predicted octanol–water partition coefficient (Wildman–Crippen LogP) is 7.37. The third-order valence-electron chi connectivity index (χ3n) is 6.23. The maximum atomic E-state index is 13.1. The zero-order valence-electron chi connectivity index (χ0n) is 20.9. The Morgan fingerprint density at radius 3 is 2.38 bits per heavy atom. The summed E-state index contributed by atoms with van der Waals surface area (Å²) >= 11 is 3.43. The first-order valence-electron chi connectivity index (χ1n) is 12.3. The minimum absolute atomic E-state index is 0.00286. The molecule has 0 aliphatic carbocycles. The van der Waals surface area contributed by atoms with Gasteiger partial charge < -0.3 is 10.4 Å². The predicted molar refractivity (Wildman–Crippen MR) is 145 cm³/mol. The van der Waals surface area contributed by atoms with Gasteiger partial charge in [-0.2, -0.15) is 13.2 Å². The van der Waals surface area contributed by atoms with Gasteiger partial charge in [-0.1, -0.05) is 40.2 Å². The number of alkyl halides is 3. The number of aliphatic carboxylic acids is 1. The monoisotopic (exact) mass is 599 g/mol.